The highest BCUT2D eigenvalue weighted by atomic mass is 16.5. The third kappa shape index (κ3) is 2.63. The second-order valence-corrected chi connectivity index (χ2v) is 5.71. The monoisotopic (exact) mass is 234 g/mol. The van der Waals surface area contributed by atoms with Crippen molar-refractivity contribution in [3.8, 4) is 5.75 Å². The van der Waals surface area contributed by atoms with E-state index in [-0.39, 0.29) is 17.6 Å². The molecule has 1 aliphatic carbocycles. The van der Waals surface area contributed by atoms with Gasteiger partial charge in [0.05, 0.1) is 6.61 Å². The Bertz CT molecular complexity index is 374. The zero-order chi connectivity index (χ0) is 12.5. The summed E-state index contributed by atoms with van der Waals surface area (Å²) in [6.07, 6.45) is 3.05. The third-order valence-electron chi connectivity index (χ3n) is 3.95. The van der Waals surface area contributed by atoms with E-state index in [1.807, 2.05) is 12.1 Å². The summed E-state index contributed by atoms with van der Waals surface area (Å²) in [5.74, 6) is 0.868. The summed E-state index contributed by atoms with van der Waals surface area (Å²) in [7, 11) is 0. The van der Waals surface area contributed by atoms with Crippen LogP contribution in [0.15, 0.2) is 24.3 Å². The second kappa shape index (κ2) is 4.34. The summed E-state index contributed by atoms with van der Waals surface area (Å²) >= 11 is 0. The molecule has 2 rings (SSSR count). The number of hydrogen-bond donors (Lipinski definition) is 1. The number of hydrogen-bond acceptors (Lipinski definition) is 2. The van der Waals surface area contributed by atoms with E-state index in [0.717, 1.165) is 25.0 Å². The lowest BCUT2D eigenvalue weighted by Gasteiger charge is -2.24. The summed E-state index contributed by atoms with van der Waals surface area (Å²) in [4.78, 5) is 0. The molecule has 17 heavy (non-hydrogen) atoms. The number of ether oxygens (including phenoxy) is 1. The van der Waals surface area contributed by atoms with Gasteiger partial charge in [-0.15, -0.1) is 0 Å². The van der Waals surface area contributed by atoms with E-state index in [4.69, 9.17) is 4.74 Å². The van der Waals surface area contributed by atoms with Crippen molar-refractivity contribution in [2.45, 2.75) is 51.0 Å². The lowest BCUT2D eigenvalue weighted by molar-refractivity contribution is 0.0953. The van der Waals surface area contributed by atoms with Gasteiger partial charge in [-0.25, -0.2) is 0 Å². The molecule has 0 radical (unpaired) electrons. The van der Waals surface area contributed by atoms with Gasteiger partial charge in [-0.3, -0.25) is 0 Å². The first-order valence-corrected chi connectivity index (χ1v) is 6.42. The zero-order valence-electron chi connectivity index (χ0n) is 11.0. The van der Waals surface area contributed by atoms with Crippen LogP contribution in [0.2, 0.25) is 0 Å². The average Bonchev–Trinajstić information content (AvgIpc) is 3.10. The minimum atomic E-state index is -0.276. The molecule has 1 aromatic carbocycles. The quantitative estimate of drug-likeness (QED) is 0.847. The molecule has 0 bridgehead atoms. The average molecular weight is 234 g/mol. The Labute approximate surface area is 104 Å². The fraction of sp³-hybridized carbons (Fsp3) is 0.600. The molecule has 0 unspecified atom stereocenters. The first-order valence-electron chi connectivity index (χ1n) is 6.42. The summed E-state index contributed by atoms with van der Waals surface area (Å²) in [5.41, 5.74) is 1.27. The maximum Gasteiger partial charge on any atom is 0.132 e. The van der Waals surface area contributed by atoms with E-state index in [1.165, 1.54) is 5.56 Å². The maximum absolute atomic E-state index is 9.21. The Hall–Kier alpha value is -1.02. The molecule has 0 atom stereocenters. The van der Waals surface area contributed by atoms with Gasteiger partial charge >= 0.3 is 0 Å². The Morgan fingerprint density at radius 1 is 1.24 bits per heavy atom. The maximum atomic E-state index is 9.21. The minimum Gasteiger partial charge on any atom is -0.485 e. The van der Waals surface area contributed by atoms with Gasteiger partial charge in [-0.05, 0) is 42.4 Å². The van der Waals surface area contributed by atoms with Crippen LogP contribution in [0.1, 0.15) is 45.6 Å². The molecule has 1 aromatic rings. The molecule has 0 aliphatic heterocycles. The van der Waals surface area contributed by atoms with Crippen molar-refractivity contribution in [2.75, 3.05) is 6.61 Å². The molecule has 0 spiro atoms. The van der Waals surface area contributed by atoms with Crippen LogP contribution in [0.4, 0.5) is 0 Å². The number of aliphatic hydroxyl groups excluding tert-OH is 1. The van der Waals surface area contributed by atoms with Crippen LogP contribution in [-0.4, -0.2) is 17.3 Å². The Morgan fingerprint density at radius 2 is 1.82 bits per heavy atom. The van der Waals surface area contributed by atoms with E-state index in [2.05, 4.69) is 32.9 Å². The van der Waals surface area contributed by atoms with Crippen molar-refractivity contribution in [1.82, 2.24) is 0 Å². The molecular formula is C15H22O2. The first kappa shape index (κ1) is 12.4. The molecule has 2 heteroatoms. The van der Waals surface area contributed by atoms with Gasteiger partial charge in [0.25, 0.3) is 0 Å². The molecule has 94 valence electrons. The summed E-state index contributed by atoms with van der Waals surface area (Å²) in [5, 5.41) is 9.21. The largest absolute Gasteiger partial charge is 0.485 e. The Kier molecular flexibility index (Phi) is 3.17. The first-order chi connectivity index (χ1) is 8.01. The molecule has 1 saturated carbocycles. The van der Waals surface area contributed by atoms with Crippen molar-refractivity contribution in [3.63, 3.8) is 0 Å². The van der Waals surface area contributed by atoms with E-state index in [9.17, 15) is 5.11 Å². The second-order valence-electron chi connectivity index (χ2n) is 5.71. The normalized spacial score (nSPS) is 17.9. The van der Waals surface area contributed by atoms with Gasteiger partial charge < -0.3 is 9.84 Å². The van der Waals surface area contributed by atoms with Crippen LogP contribution >= 0.6 is 0 Å². The highest BCUT2D eigenvalue weighted by Gasteiger charge is 2.45. The summed E-state index contributed by atoms with van der Waals surface area (Å²) < 4.78 is 5.81. The van der Waals surface area contributed by atoms with Crippen LogP contribution in [0.5, 0.6) is 5.75 Å². The molecule has 1 N–H and O–H groups in total. The lowest BCUT2D eigenvalue weighted by Crippen LogP contribution is -2.22. The molecule has 0 aromatic heterocycles. The van der Waals surface area contributed by atoms with Gasteiger partial charge in [0.1, 0.15) is 11.4 Å². The smallest absolute Gasteiger partial charge is 0.132 e. The molecule has 1 aliphatic rings. The number of aliphatic hydroxyl groups is 1. The van der Waals surface area contributed by atoms with Gasteiger partial charge in [-0.1, -0.05) is 32.9 Å². The lowest BCUT2D eigenvalue weighted by atomic mass is 9.82. The van der Waals surface area contributed by atoms with Crippen LogP contribution < -0.4 is 4.74 Å². The number of benzene rings is 1. The fourth-order valence-corrected chi connectivity index (χ4v) is 1.86. The van der Waals surface area contributed by atoms with Crippen LogP contribution in [0.25, 0.3) is 0 Å². The van der Waals surface area contributed by atoms with Crippen molar-refractivity contribution in [1.29, 1.82) is 0 Å². The predicted molar refractivity (Wildman–Crippen MR) is 69.4 cm³/mol. The van der Waals surface area contributed by atoms with Crippen molar-refractivity contribution in [3.05, 3.63) is 29.8 Å². The van der Waals surface area contributed by atoms with E-state index in [1.54, 1.807) is 0 Å². The zero-order valence-corrected chi connectivity index (χ0v) is 11.0. The third-order valence-corrected chi connectivity index (χ3v) is 3.95. The minimum absolute atomic E-state index is 0.120. The Morgan fingerprint density at radius 3 is 2.24 bits per heavy atom. The molecule has 0 amide bonds. The van der Waals surface area contributed by atoms with Crippen LogP contribution in [0.3, 0.4) is 0 Å². The SMILES string of the molecule is CCC(C)(C)c1ccc(OC2(CO)CC2)cc1. The molecule has 1 fully saturated rings. The molecular weight excluding hydrogens is 212 g/mol. The summed E-state index contributed by atoms with van der Waals surface area (Å²) in [6.45, 7) is 6.82. The Balaban J connectivity index is 2.08. The topological polar surface area (TPSA) is 29.5 Å². The summed E-state index contributed by atoms with van der Waals surface area (Å²) in [6, 6.07) is 8.30. The van der Waals surface area contributed by atoms with Crippen molar-refractivity contribution >= 4 is 0 Å². The van der Waals surface area contributed by atoms with Gasteiger partial charge in [0.2, 0.25) is 0 Å². The highest BCUT2D eigenvalue weighted by Crippen LogP contribution is 2.40. The van der Waals surface area contributed by atoms with Gasteiger partial charge in [0, 0.05) is 0 Å². The highest BCUT2D eigenvalue weighted by molar-refractivity contribution is 5.32. The van der Waals surface area contributed by atoms with E-state index >= 15 is 0 Å². The van der Waals surface area contributed by atoms with Crippen LogP contribution in [0, 0.1) is 0 Å². The molecule has 0 heterocycles. The van der Waals surface area contributed by atoms with Crippen molar-refractivity contribution < 1.29 is 9.84 Å². The van der Waals surface area contributed by atoms with E-state index < -0.39 is 0 Å². The predicted octanol–water partition coefficient (Wildman–Crippen LogP) is 3.28. The van der Waals surface area contributed by atoms with Gasteiger partial charge in [0.15, 0.2) is 0 Å². The van der Waals surface area contributed by atoms with Crippen molar-refractivity contribution in [2.24, 2.45) is 0 Å². The number of rotatable bonds is 5. The van der Waals surface area contributed by atoms with E-state index in [0.29, 0.717) is 0 Å². The fourth-order valence-electron chi connectivity index (χ4n) is 1.86. The van der Waals surface area contributed by atoms with Gasteiger partial charge in [-0.2, -0.15) is 0 Å². The molecule has 0 saturated heterocycles. The van der Waals surface area contributed by atoms with Crippen LogP contribution in [-0.2, 0) is 5.41 Å². The standard InChI is InChI=1S/C15H22O2/c1-4-14(2,3)12-5-7-13(8-6-12)17-15(11-16)9-10-15/h5-8,16H,4,9-11H2,1-3H3. The molecule has 2 nitrogen and oxygen atoms in total.